The number of hydrogen-bond donors (Lipinski definition) is 0. The van der Waals surface area contributed by atoms with Crippen LogP contribution in [0.1, 0.15) is 58.3 Å². The summed E-state index contributed by atoms with van der Waals surface area (Å²) in [6, 6.07) is 0. The number of carbonyl (C=O) groups excluding carboxylic acids is 1. The van der Waals surface area contributed by atoms with E-state index in [4.69, 9.17) is 11.6 Å². The molecule has 0 aromatic rings. The van der Waals surface area contributed by atoms with Crippen molar-refractivity contribution < 1.29 is 4.79 Å². The first kappa shape index (κ1) is 14.2. The zero-order chi connectivity index (χ0) is 13.0. The highest BCUT2D eigenvalue weighted by Gasteiger charge is 2.32. The van der Waals surface area contributed by atoms with Crippen LogP contribution in [0.4, 0.5) is 0 Å². The Morgan fingerprint density at radius 2 is 1.94 bits per heavy atom. The maximum absolute atomic E-state index is 12.3. The highest BCUT2D eigenvalue weighted by molar-refractivity contribution is 6.21. The summed E-state index contributed by atoms with van der Waals surface area (Å²) in [6.45, 7) is 3.91. The van der Waals surface area contributed by atoms with Crippen LogP contribution in [0.2, 0.25) is 0 Å². The molecule has 1 saturated heterocycles. The van der Waals surface area contributed by atoms with Gasteiger partial charge in [-0.15, -0.1) is 11.6 Å². The van der Waals surface area contributed by atoms with Crippen molar-refractivity contribution in [2.45, 2.75) is 63.7 Å². The number of likely N-dealkylation sites (tertiary alicyclic amines) is 1. The first-order chi connectivity index (χ1) is 8.70. The van der Waals surface area contributed by atoms with Gasteiger partial charge in [0.05, 0.1) is 5.38 Å². The lowest BCUT2D eigenvalue weighted by molar-refractivity contribution is -0.135. The molecule has 1 heterocycles. The third-order valence-corrected chi connectivity index (χ3v) is 4.96. The minimum atomic E-state index is 0.190. The maximum Gasteiger partial charge on any atom is 0.225 e. The number of rotatable bonds is 4. The van der Waals surface area contributed by atoms with E-state index in [1.54, 1.807) is 0 Å². The molecular weight excluding hydrogens is 246 g/mol. The predicted octanol–water partition coefficient (Wildman–Crippen LogP) is 3.82. The summed E-state index contributed by atoms with van der Waals surface area (Å²) in [5, 5.41) is 0.190. The van der Waals surface area contributed by atoms with Gasteiger partial charge in [0.25, 0.3) is 0 Å². The topological polar surface area (TPSA) is 20.3 Å². The monoisotopic (exact) mass is 271 g/mol. The van der Waals surface area contributed by atoms with E-state index in [1.807, 2.05) is 4.90 Å². The number of halogens is 1. The van der Waals surface area contributed by atoms with Crippen LogP contribution in [0, 0.1) is 11.8 Å². The molecule has 2 rings (SSSR count). The lowest BCUT2D eigenvalue weighted by atomic mass is 9.79. The average molecular weight is 272 g/mol. The maximum atomic E-state index is 12.3. The van der Waals surface area contributed by atoms with Gasteiger partial charge in [-0.3, -0.25) is 4.79 Å². The Morgan fingerprint density at radius 3 is 2.50 bits per heavy atom. The minimum absolute atomic E-state index is 0.190. The minimum Gasteiger partial charge on any atom is -0.341 e. The summed E-state index contributed by atoms with van der Waals surface area (Å²) in [4.78, 5) is 14.3. The summed E-state index contributed by atoms with van der Waals surface area (Å²) in [6.07, 6.45) is 9.72. The van der Waals surface area contributed by atoms with Crippen molar-refractivity contribution in [3.05, 3.63) is 0 Å². The van der Waals surface area contributed by atoms with E-state index in [2.05, 4.69) is 6.92 Å². The molecular formula is C15H26ClNO. The van der Waals surface area contributed by atoms with Crippen LogP contribution in [0.25, 0.3) is 0 Å². The molecule has 0 aromatic heterocycles. The summed E-state index contributed by atoms with van der Waals surface area (Å²) < 4.78 is 0. The Labute approximate surface area is 116 Å². The Hall–Kier alpha value is -0.240. The van der Waals surface area contributed by atoms with Crippen molar-refractivity contribution in [3.8, 4) is 0 Å². The lowest BCUT2D eigenvalue weighted by Gasteiger charge is -2.30. The zero-order valence-corrected chi connectivity index (χ0v) is 12.3. The van der Waals surface area contributed by atoms with Crippen molar-refractivity contribution >= 4 is 17.5 Å². The molecule has 1 saturated carbocycles. The number of nitrogens with zero attached hydrogens (tertiary/aromatic N) is 1. The van der Waals surface area contributed by atoms with Crippen LogP contribution < -0.4 is 0 Å². The smallest absolute Gasteiger partial charge is 0.225 e. The largest absolute Gasteiger partial charge is 0.341 e. The third-order valence-electron chi connectivity index (χ3n) is 4.60. The van der Waals surface area contributed by atoms with Gasteiger partial charge in [-0.25, -0.2) is 0 Å². The molecule has 2 aliphatic rings. The Kier molecular flexibility index (Phi) is 5.35. The van der Waals surface area contributed by atoms with Gasteiger partial charge >= 0.3 is 0 Å². The molecule has 1 aliphatic carbocycles. The second-order valence-corrected chi connectivity index (χ2v) is 6.65. The molecule has 2 nitrogen and oxygen atoms in total. The number of alkyl halides is 1. The summed E-state index contributed by atoms with van der Waals surface area (Å²) in [5.41, 5.74) is 0. The van der Waals surface area contributed by atoms with Gasteiger partial charge in [-0.05, 0) is 38.0 Å². The standard InChI is InChI=1S/C15H26ClNO/c1-2-3-4-12-5-7-13(8-6-12)15(18)17-10-9-14(16)11-17/h12-14H,2-11H2,1H3. The zero-order valence-electron chi connectivity index (χ0n) is 11.5. The molecule has 0 radical (unpaired) electrons. The molecule has 0 N–H and O–H groups in total. The number of hydrogen-bond acceptors (Lipinski definition) is 1. The van der Waals surface area contributed by atoms with Gasteiger partial charge in [-0.2, -0.15) is 0 Å². The fourth-order valence-corrected chi connectivity index (χ4v) is 3.63. The van der Waals surface area contributed by atoms with Gasteiger partial charge in [0, 0.05) is 19.0 Å². The molecule has 0 spiro atoms. The van der Waals surface area contributed by atoms with E-state index in [1.165, 1.54) is 32.1 Å². The van der Waals surface area contributed by atoms with E-state index in [0.717, 1.165) is 38.3 Å². The Bertz CT molecular complexity index is 274. The van der Waals surface area contributed by atoms with Crippen LogP contribution in [-0.4, -0.2) is 29.3 Å². The fourth-order valence-electron chi connectivity index (χ4n) is 3.37. The quantitative estimate of drug-likeness (QED) is 0.712. The number of unbranched alkanes of at least 4 members (excludes halogenated alkanes) is 1. The highest BCUT2D eigenvalue weighted by Crippen LogP contribution is 2.33. The van der Waals surface area contributed by atoms with Gasteiger partial charge in [0.1, 0.15) is 0 Å². The highest BCUT2D eigenvalue weighted by atomic mass is 35.5. The van der Waals surface area contributed by atoms with Gasteiger partial charge in [-0.1, -0.05) is 26.2 Å². The van der Waals surface area contributed by atoms with E-state index in [9.17, 15) is 4.79 Å². The SMILES string of the molecule is CCCCC1CCC(C(=O)N2CCC(Cl)C2)CC1. The van der Waals surface area contributed by atoms with E-state index in [-0.39, 0.29) is 5.38 Å². The molecule has 1 atom stereocenters. The van der Waals surface area contributed by atoms with Crippen LogP contribution in [0.3, 0.4) is 0 Å². The molecule has 1 aliphatic heterocycles. The molecule has 104 valence electrons. The molecule has 1 unspecified atom stereocenters. The van der Waals surface area contributed by atoms with Crippen molar-refractivity contribution in [1.82, 2.24) is 4.90 Å². The first-order valence-corrected chi connectivity index (χ1v) is 8.07. The molecule has 0 bridgehead atoms. The Balaban J connectivity index is 1.73. The van der Waals surface area contributed by atoms with Crippen LogP contribution in [0.15, 0.2) is 0 Å². The fraction of sp³-hybridized carbons (Fsp3) is 0.933. The molecule has 18 heavy (non-hydrogen) atoms. The van der Waals surface area contributed by atoms with Crippen molar-refractivity contribution in [2.75, 3.05) is 13.1 Å². The van der Waals surface area contributed by atoms with Gasteiger partial charge in [0.2, 0.25) is 5.91 Å². The van der Waals surface area contributed by atoms with Crippen LogP contribution >= 0.6 is 11.6 Å². The second kappa shape index (κ2) is 6.79. The Morgan fingerprint density at radius 1 is 1.22 bits per heavy atom. The normalized spacial score (nSPS) is 32.8. The van der Waals surface area contributed by atoms with Crippen molar-refractivity contribution in [1.29, 1.82) is 0 Å². The van der Waals surface area contributed by atoms with E-state index >= 15 is 0 Å². The van der Waals surface area contributed by atoms with Crippen LogP contribution in [0.5, 0.6) is 0 Å². The lowest BCUT2D eigenvalue weighted by Crippen LogP contribution is -2.36. The molecule has 2 fully saturated rings. The average Bonchev–Trinajstić information content (AvgIpc) is 2.83. The third kappa shape index (κ3) is 3.63. The van der Waals surface area contributed by atoms with Gasteiger partial charge in [0.15, 0.2) is 0 Å². The summed E-state index contributed by atoms with van der Waals surface area (Å²) in [7, 11) is 0. The second-order valence-electron chi connectivity index (χ2n) is 6.03. The van der Waals surface area contributed by atoms with Crippen molar-refractivity contribution in [3.63, 3.8) is 0 Å². The van der Waals surface area contributed by atoms with Gasteiger partial charge < -0.3 is 4.90 Å². The number of amides is 1. The van der Waals surface area contributed by atoms with E-state index < -0.39 is 0 Å². The van der Waals surface area contributed by atoms with Crippen molar-refractivity contribution in [2.24, 2.45) is 11.8 Å². The summed E-state index contributed by atoms with van der Waals surface area (Å²) in [5.74, 6) is 1.56. The first-order valence-electron chi connectivity index (χ1n) is 7.63. The molecule has 3 heteroatoms. The van der Waals surface area contributed by atoms with E-state index in [0.29, 0.717) is 11.8 Å². The number of carbonyl (C=O) groups is 1. The molecule has 0 aromatic carbocycles. The summed E-state index contributed by atoms with van der Waals surface area (Å²) >= 11 is 6.08. The van der Waals surface area contributed by atoms with Crippen LogP contribution in [-0.2, 0) is 4.79 Å². The predicted molar refractivity (Wildman–Crippen MR) is 75.8 cm³/mol. The molecule has 1 amide bonds.